The van der Waals surface area contributed by atoms with Crippen LogP contribution < -0.4 is 10.6 Å². The Morgan fingerprint density at radius 2 is 1.65 bits per heavy atom. The molecule has 0 aromatic heterocycles. The largest absolute Gasteiger partial charge is 0.348 e. The maximum Gasteiger partial charge on any atom is 0.313 e. The number of unbranched alkanes of at least 4 members (excludes halogenated alkanes) is 1. The SMILES string of the molecule is CCCCNC(=O)C(=O)Nc1ccccc1Sc1ccccc1. The Kier molecular flexibility index (Phi) is 6.69. The van der Waals surface area contributed by atoms with Crippen LogP contribution in [0.3, 0.4) is 0 Å². The molecule has 2 N–H and O–H groups in total. The first-order chi connectivity index (χ1) is 11.2. The maximum atomic E-state index is 12.0. The molecule has 0 unspecified atom stereocenters. The molecule has 0 saturated carbocycles. The number of benzene rings is 2. The van der Waals surface area contributed by atoms with Gasteiger partial charge in [-0.2, -0.15) is 0 Å². The molecule has 23 heavy (non-hydrogen) atoms. The van der Waals surface area contributed by atoms with Crippen LogP contribution in [0.15, 0.2) is 64.4 Å². The summed E-state index contributed by atoms with van der Waals surface area (Å²) in [6.45, 7) is 2.55. The van der Waals surface area contributed by atoms with Gasteiger partial charge in [-0.05, 0) is 30.7 Å². The van der Waals surface area contributed by atoms with Crippen molar-refractivity contribution < 1.29 is 9.59 Å². The second kappa shape index (κ2) is 9.00. The second-order valence-corrected chi connectivity index (χ2v) is 6.09. The molecule has 2 amide bonds. The van der Waals surface area contributed by atoms with Crippen molar-refractivity contribution in [3.05, 3.63) is 54.6 Å². The highest BCUT2D eigenvalue weighted by molar-refractivity contribution is 7.99. The first kappa shape index (κ1) is 17.1. The van der Waals surface area contributed by atoms with Crippen molar-refractivity contribution in [3.63, 3.8) is 0 Å². The molecule has 0 heterocycles. The zero-order valence-corrected chi connectivity index (χ0v) is 13.9. The predicted octanol–water partition coefficient (Wildman–Crippen LogP) is 3.69. The second-order valence-electron chi connectivity index (χ2n) is 4.97. The van der Waals surface area contributed by atoms with Crippen LogP contribution in [0.1, 0.15) is 19.8 Å². The third kappa shape index (κ3) is 5.45. The highest BCUT2D eigenvalue weighted by Gasteiger charge is 2.14. The van der Waals surface area contributed by atoms with Gasteiger partial charge in [0.25, 0.3) is 0 Å². The van der Waals surface area contributed by atoms with E-state index >= 15 is 0 Å². The predicted molar refractivity (Wildman–Crippen MR) is 93.6 cm³/mol. The average molecular weight is 328 g/mol. The monoisotopic (exact) mass is 328 g/mol. The Bertz CT molecular complexity index is 659. The van der Waals surface area contributed by atoms with E-state index in [1.807, 2.05) is 55.5 Å². The summed E-state index contributed by atoms with van der Waals surface area (Å²) in [5.74, 6) is -1.24. The molecule has 0 bridgehead atoms. The number of hydrogen-bond donors (Lipinski definition) is 2. The smallest absolute Gasteiger partial charge is 0.313 e. The first-order valence-corrected chi connectivity index (χ1v) is 8.43. The molecule has 2 aromatic carbocycles. The molecule has 4 nitrogen and oxygen atoms in total. The van der Waals surface area contributed by atoms with Crippen LogP contribution in [0.25, 0.3) is 0 Å². The summed E-state index contributed by atoms with van der Waals surface area (Å²) in [4.78, 5) is 25.7. The third-order valence-corrected chi connectivity index (χ3v) is 4.21. The van der Waals surface area contributed by atoms with E-state index in [0.717, 1.165) is 22.6 Å². The lowest BCUT2D eigenvalue weighted by Gasteiger charge is -2.10. The summed E-state index contributed by atoms with van der Waals surface area (Å²) in [5.41, 5.74) is 0.636. The Morgan fingerprint density at radius 1 is 0.957 bits per heavy atom. The first-order valence-electron chi connectivity index (χ1n) is 7.62. The summed E-state index contributed by atoms with van der Waals surface area (Å²) in [6, 6.07) is 17.3. The number of para-hydroxylation sites is 1. The van der Waals surface area contributed by atoms with Crippen molar-refractivity contribution in [2.75, 3.05) is 11.9 Å². The summed E-state index contributed by atoms with van der Waals surface area (Å²) in [6.07, 6.45) is 1.83. The number of rotatable bonds is 6. The molecule has 0 aliphatic carbocycles. The number of nitrogens with one attached hydrogen (secondary N) is 2. The molecule has 0 aliphatic rings. The molecular weight excluding hydrogens is 308 g/mol. The Balaban J connectivity index is 2.02. The molecule has 5 heteroatoms. The van der Waals surface area contributed by atoms with Crippen LogP contribution in [0.4, 0.5) is 5.69 Å². The fraction of sp³-hybridized carbons (Fsp3) is 0.222. The van der Waals surface area contributed by atoms with E-state index in [9.17, 15) is 9.59 Å². The van der Waals surface area contributed by atoms with Gasteiger partial charge in [0.1, 0.15) is 0 Å². The van der Waals surface area contributed by atoms with E-state index < -0.39 is 11.8 Å². The molecule has 0 radical (unpaired) electrons. The van der Waals surface area contributed by atoms with Gasteiger partial charge < -0.3 is 10.6 Å². The molecule has 0 aliphatic heterocycles. The molecule has 0 spiro atoms. The van der Waals surface area contributed by atoms with Gasteiger partial charge in [-0.1, -0.05) is 55.4 Å². The molecule has 0 atom stereocenters. The van der Waals surface area contributed by atoms with Crippen LogP contribution in [0, 0.1) is 0 Å². The molecule has 120 valence electrons. The fourth-order valence-electron chi connectivity index (χ4n) is 1.91. The molecular formula is C18H20N2O2S. The normalized spacial score (nSPS) is 10.1. The lowest BCUT2D eigenvalue weighted by Crippen LogP contribution is -2.35. The fourth-order valence-corrected chi connectivity index (χ4v) is 2.84. The van der Waals surface area contributed by atoms with Gasteiger partial charge >= 0.3 is 11.8 Å². The summed E-state index contributed by atoms with van der Waals surface area (Å²) >= 11 is 1.54. The standard InChI is InChI=1S/C18H20N2O2S/c1-2-3-13-19-17(21)18(22)20-15-11-7-8-12-16(15)23-14-9-5-4-6-10-14/h4-12H,2-3,13H2,1H3,(H,19,21)(H,20,22). The average Bonchev–Trinajstić information content (AvgIpc) is 2.57. The summed E-state index contributed by atoms with van der Waals surface area (Å²) in [7, 11) is 0. The van der Waals surface area contributed by atoms with E-state index in [1.165, 1.54) is 0 Å². The minimum atomic E-state index is -0.637. The van der Waals surface area contributed by atoms with E-state index in [-0.39, 0.29) is 0 Å². The van der Waals surface area contributed by atoms with Crippen LogP contribution in [0.2, 0.25) is 0 Å². The van der Waals surface area contributed by atoms with Crippen LogP contribution in [0.5, 0.6) is 0 Å². The van der Waals surface area contributed by atoms with Crippen molar-refractivity contribution >= 4 is 29.3 Å². The summed E-state index contributed by atoms with van der Waals surface area (Å²) < 4.78 is 0. The van der Waals surface area contributed by atoms with Crippen molar-refractivity contribution in [3.8, 4) is 0 Å². The zero-order chi connectivity index (χ0) is 16.5. The number of anilines is 1. The molecule has 0 saturated heterocycles. The lowest BCUT2D eigenvalue weighted by atomic mass is 10.3. The van der Waals surface area contributed by atoms with Crippen molar-refractivity contribution in [1.29, 1.82) is 0 Å². The van der Waals surface area contributed by atoms with Gasteiger partial charge in [0.05, 0.1) is 5.69 Å². The van der Waals surface area contributed by atoms with Crippen molar-refractivity contribution in [2.24, 2.45) is 0 Å². The lowest BCUT2D eigenvalue weighted by molar-refractivity contribution is -0.136. The highest BCUT2D eigenvalue weighted by atomic mass is 32.2. The third-order valence-electron chi connectivity index (χ3n) is 3.13. The Morgan fingerprint density at radius 3 is 2.39 bits per heavy atom. The minimum absolute atomic E-state index is 0.517. The molecule has 0 fully saturated rings. The van der Waals surface area contributed by atoms with Crippen LogP contribution in [-0.2, 0) is 9.59 Å². The quantitative estimate of drug-likeness (QED) is 0.628. The maximum absolute atomic E-state index is 12.0. The molecule has 2 aromatic rings. The number of hydrogen-bond acceptors (Lipinski definition) is 3. The van der Waals surface area contributed by atoms with E-state index in [0.29, 0.717) is 12.2 Å². The van der Waals surface area contributed by atoms with E-state index in [4.69, 9.17) is 0 Å². The summed E-state index contributed by atoms with van der Waals surface area (Å²) in [5, 5.41) is 5.30. The Hall–Kier alpha value is -2.27. The number of carbonyl (C=O) groups excluding carboxylic acids is 2. The van der Waals surface area contributed by atoms with Gasteiger partial charge in [-0.3, -0.25) is 9.59 Å². The van der Waals surface area contributed by atoms with Gasteiger partial charge in [-0.25, -0.2) is 0 Å². The van der Waals surface area contributed by atoms with Crippen molar-refractivity contribution in [2.45, 2.75) is 29.6 Å². The van der Waals surface area contributed by atoms with Gasteiger partial charge in [0.15, 0.2) is 0 Å². The van der Waals surface area contributed by atoms with Gasteiger partial charge in [0.2, 0.25) is 0 Å². The van der Waals surface area contributed by atoms with E-state index in [2.05, 4.69) is 10.6 Å². The van der Waals surface area contributed by atoms with Crippen LogP contribution in [-0.4, -0.2) is 18.4 Å². The molecule has 2 rings (SSSR count). The van der Waals surface area contributed by atoms with Gasteiger partial charge in [0, 0.05) is 16.3 Å². The number of carbonyl (C=O) groups is 2. The Labute approximate surface area is 140 Å². The highest BCUT2D eigenvalue weighted by Crippen LogP contribution is 2.33. The van der Waals surface area contributed by atoms with Gasteiger partial charge in [-0.15, -0.1) is 0 Å². The number of amides is 2. The minimum Gasteiger partial charge on any atom is -0.348 e. The topological polar surface area (TPSA) is 58.2 Å². The van der Waals surface area contributed by atoms with Crippen molar-refractivity contribution in [1.82, 2.24) is 5.32 Å². The van der Waals surface area contributed by atoms with E-state index in [1.54, 1.807) is 17.8 Å². The zero-order valence-electron chi connectivity index (χ0n) is 13.0. The van der Waals surface area contributed by atoms with Crippen LogP contribution >= 0.6 is 11.8 Å².